The number of halogens is 1. The second-order valence-electron chi connectivity index (χ2n) is 5.59. The van der Waals surface area contributed by atoms with Crippen LogP contribution in [0.4, 0.5) is 0 Å². The number of furan rings is 1. The topological polar surface area (TPSA) is 36.7 Å². The molecule has 3 heterocycles. The van der Waals surface area contributed by atoms with Crippen LogP contribution in [0.3, 0.4) is 0 Å². The van der Waals surface area contributed by atoms with Crippen LogP contribution in [-0.2, 0) is 11.3 Å². The first-order valence-corrected chi connectivity index (χ1v) is 8.79. The fourth-order valence-corrected chi connectivity index (χ4v) is 3.72. The fourth-order valence-electron chi connectivity index (χ4n) is 2.59. The van der Waals surface area contributed by atoms with E-state index in [-0.39, 0.29) is 5.91 Å². The molecule has 122 valence electrons. The SMILES string of the molecule is Cc1ccc(C=CC(=O)N2CCN(Cc3ccc(Cl)s3)CC2)o1. The van der Waals surface area contributed by atoms with Gasteiger partial charge in [0.05, 0.1) is 4.34 Å². The summed E-state index contributed by atoms with van der Waals surface area (Å²) in [5, 5.41) is 0. The molecule has 0 N–H and O–H groups in total. The number of nitrogens with zero attached hydrogens (tertiary/aromatic N) is 2. The number of hydrogen-bond donors (Lipinski definition) is 0. The molecule has 2 aromatic rings. The van der Waals surface area contributed by atoms with Crippen LogP contribution in [0.15, 0.2) is 34.8 Å². The van der Waals surface area contributed by atoms with Gasteiger partial charge in [-0.15, -0.1) is 11.3 Å². The molecule has 2 aromatic heterocycles. The van der Waals surface area contributed by atoms with Gasteiger partial charge in [0, 0.05) is 43.7 Å². The predicted octanol–water partition coefficient (Wildman–Crippen LogP) is 3.66. The molecule has 0 bridgehead atoms. The van der Waals surface area contributed by atoms with E-state index < -0.39 is 0 Å². The Balaban J connectivity index is 1.48. The maximum absolute atomic E-state index is 12.2. The van der Waals surface area contributed by atoms with Crippen molar-refractivity contribution in [2.24, 2.45) is 0 Å². The number of amides is 1. The van der Waals surface area contributed by atoms with Gasteiger partial charge in [0.1, 0.15) is 11.5 Å². The normalized spacial score (nSPS) is 16.3. The third-order valence-corrected chi connectivity index (χ3v) is 5.06. The summed E-state index contributed by atoms with van der Waals surface area (Å²) in [6, 6.07) is 7.75. The van der Waals surface area contributed by atoms with Gasteiger partial charge in [-0.2, -0.15) is 0 Å². The highest BCUT2D eigenvalue weighted by Gasteiger charge is 2.20. The molecule has 0 aromatic carbocycles. The van der Waals surface area contributed by atoms with Crippen molar-refractivity contribution >= 4 is 34.9 Å². The standard InChI is InChI=1S/C17H19ClN2O2S/c1-13-2-3-14(22-13)4-7-17(21)20-10-8-19(9-11-20)12-15-5-6-16(18)23-15/h2-7H,8-12H2,1H3. The van der Waals surface area contributed by atoms with Gasteiger partial charge in [-0.25, -0.2) is 0 Å². The molecule has 1 fully saturated rings. The Kier molecular flexibility index (Phi) is 5.20. The first-order chi connectivity index (χ1) is 11.1. The van der Waals surface area contributed by atoms with Crippen LogP contribution in [-0.4, -0.2) is 41.9 Å². The van der Waals surface area contributed by atoms with E-state index in [1.54, 1.807) is 23.5 Å². The Labute approximate surface area is 144 Å². The predicted molar refractivity (Wildman–Crippen MR) is 93.7 cm³/mol. The molecule has 0 unspecified atom stereocenters. The fraction of sp³-hybridized carbons (Fsp3) is 0.353. The summed E-state index contributed by atoms with van der Waals surface area (Å²) >= 11 is 7.58. The Morgan fingerprint density at radius 2 is 2.04 bits per heavy atom. The highest BCUT2D eigenvalue weighted by atomic mass is 35.5. The average Bonchev–Trinajstić information content (AvgIpc) is 3.14. The van der Waals surface area contributed by atoms with Gasteiger partial charge >= 0.3 is 0 Å². The molecule has 1 amide bonds. The van der Waals surface area contributed by atoms with E-state index >= 15 is 0 Å². The lowest BCUT2D eigenvalue weighted by Crippen LogP contribution is -2.47. The molecule has 0 aliphatic carbocycles. The number of aryl methyl sites for hydroxylation is 1. The highest BCUT2D eigenvalue weighted by molar-refractivity contribution is 7.16. The van der Waals surface area contributed by atoms with Crippen molar-refractivity contribution in [3.63, 3.8) is 0 Å². The number of carbonyl (C=O) groups is 1. The van der Waals surface area contributed by atoms with Crippen molar-refractivity contribution in [2.75, 3.05) is 26.2 Å². The summed E-state index contributed by atoms with van der Waals surface area (Å²) in [6.45, 7) is 6.06. The van der Waals surface area contributed by atoms with Crippen LogP contribution in [0.2, 0.25) is 4.34 Å². The van der Waals surface area contributed by atoms with Crippen LogP contribution < -0.4 is 0 Å². The molecule has 3 rings (SSSR count). The first-order valence-electron chi connectivity index (χ1n) is 7.60. The molecular weight excluding hydrogens is 332 g/mol. The summed E-state index contributed by atoms with van der Waals surface area (Å²) < 4.78 is 6.26. The zero-order chi connectivity index (χ0) is 16.2. The van der Waals surface area contributed by atoms with Crippen molar-refractivity contribution in [2.45, 2.75) is 13.5 Å². The summed E-state index contributed by atoms with van der Waals surface area (Å²) in [4.78, 5) is 17.7. The average molecular weight is 351 g/mol. The van der Waals surface area contributed by atoms with E-state index in [1.165, 1.54) is 4.88 Å². The van der Waals surface area contributed by atoms with Gasteiger partial charge in [-0.3, -0.25) is 9.69 Å². The summed E-state index contributed by atoms with van der Waals surface area (Å²) in [6.07, 6.45) is 3.32. The van der Waals surface area contributed by atoms with Crippen LogP contribution in [0.1, 0.15) is 16.4 Å². The number of rotatable bonds is 4. The van der Waals surface area contributed by atoms with E-state index in [9.17, 15) is 4.79 Å². The minimum Gasteiger partial charge on any atom is -0.462 e. The zero-order valence-electron chi connectivity index (χ0n) is 13.0. The van der Waals surface area contributed by atoms with E-state index in [0.717, 1.165) is 42.8 Å². The van der Waals surface area contributed by atoms with Crippen molar-refractivity contribution < 1.29 is 9.21 Å². The minimum absolute atomic E-state index is 0.0397. The van der Waals surface area contributed by atoms with Crippen molar-refractivity contribution in [1.82, 2.24) is 9.80 Å². The van der Waals surface area contributed by atoms with Gasteiger partial charge in [0.15, 0.2) is 0 Å². The smallest absolute Gasteiger partial charge is 0.246 e. The molecule has 4 nitrogen and oxygen atoms in total. The van der Waals surface area contributed by atoms with Crippen LogP contribution in [0.5, 0.6) is 0 Å². The largest absolute Gasteiger partial charge is 0.462 e. The van der Waals surface area contributed by atoms with Gasteiger partial charge in [-0.1, -0.05) is 11.6 Å². The second-order valence-corrected chi connectivity index (χ2v) is 7.39. The Bertz CT molecular complexity index is 699. The molecule has 6 heteroatoms. The number of thiophene rings is 1. The van der Waals surface area contributed by atoms with E-state index in [0.29, 0.717) is 5.76 Å². The molecule has 0 saturated carbocycles. The zero-order valence-corrected chi connectivity index (χ0v) is 14.6. The lowest BCUT2D eigenvalue weighted by Gasteiger charge is -2.33. The third kappa shape index (κ3) is 4.47. The van der Waals surface area contributed by atoms with E-state index in [2.05, 4.69) is 11.0 Å². The van der Waals surface area contributed by atoms with E-state index in [1.807, 2.05) is 30.0 Å². The quantitative estimate of drug-likeness (QED) is 0.789. The van der Waals surface area contributed by atoms with Gasteiger partial charge < -0.3 is 9.32 Å². The minimum atomic E-state index is 0.0397. The van der Waals surface area contributed by atoms with Crippen molar-refractivity contribution in [3.05, 3.63) is 51.1 Å². The maximum atomic E-state index is 12.2. The molecule has 0 atom stereocenters. The molecule has 23 heavy (non-hydrogen) atoms. The molecular formula is C17H19ClN2O2S. The van der Waals surface area contributed by atoms with Crippen LogP contribution >= 0.6 is 22.9 Å². The number of carbonyl (C=O) groups excluding carboxylic acids is 1. The Morgan fingerprint density at radius 3 is 2.65 bits per heavy atom. The number of piperazine rings is 1. The van der Waals surface area contributed by atoms with Crippen LogP contribution in [0.25, 0.3) is 6.08 Å². The second kappa shape index (κ2) is 7.34. The van der Waals surface area contributed by atoms with Crippen LogP contribution in [0, 0.1) is 6.92 Å². The third-order valence-electron chi connectivity index (χ3n) is 3.84. The first kappa shape index (κ1) is 16.3. The van der Waals surface area contributed by atoms with Gasteiger partial charge in [0.2, 0.25) is 5.91 Å². The number of hydrogen-bond acceptors (Lipinski definition) is 4. The lowest BCUT2D eigenvalue weighted by molar-refractivity contribution is -0.127. The lowest BCUT2D eigenvalue weighted by atomic mass is 10.3. The summed E-state index contributed by atoms with van der Waals surface area (Å²) in [5.41, 5.74) is 0. The Morgan fingerprint density at radius 1 is 1.26 bits per heavy atom. The summed E-state index contributed by atoms with van der Waals surface area (Å²) in [7, 11) is 0. The monoisotopic (exact) mass is 350 g/mol. The highest BCUT2D eigenvalue weighted by Crippen LogP contribution is 2.23. The van der Waals surface area contributed by atoms with Crippen molar-refractivity contribution in [3.8, 4) is 0 Å². The summed E-state index contributed by atoms with van der Waals surface area (Å²) in [5.74, 6) is 1.60. The Hall–Kier alpha value is -1.56. The maximum Gasteiger partial charge on any atom is 0.246 e. The molecule has 0 radical (unpaired) electrons. The van der Waals surface area contributed by atoms with Crippen molar-refractivity contribution in [1.29, 1.82) is 0 Å². The molecule has 1 aliphatic heterocycles. The molecule has 1 saturated heterocycles. The van der Waals surface area contributed by atoms with Gasteiger partial charge in [-0.05, 0) is 37.3 Å². The molecule has 0 spiro atoms. The van der Waals surface area contributed by atoms with Gasteiger partial charge in [0.25, 0.3) is 0 Å². The molecule has 1 aliphatic rings. The van der Waals surface area contributed by atoms with E-state index in [4.69, 9.17) is 16.0 Å².